The summed E-state index contributed by atoms with van der Waals surface area (Å²) in [5, 5.41) is 2.70. The van der Waals surface area contributed by atoms with Crippen LogP contribution in [-0.4, -0.2) is 14.5 Å². The number of ether oxygens (including phenoxy) is 1. The summed E-state index contributed by atoms with van der Waals surface area (Å²) in [6.45, 7) is 3.01. The third-order valence-corrected chi connectivity index (χ3v) is 6.33. The van der Waals surface area contributed by atoms with E-state index >= 15 is 0 Å². The monoisotopic (exact) mass is 415 g/mol. The van der Waals surface area contributed by atoms with Crippen LogP contribution in [0.3, 0.4) is 0 Å². The molecule has 4 heterocycles. The van der Waals surface area contributed by atoms with E-state index in [1.807, 2.05) is 71.7 Å². The van der Waals surface area contributed by atoms with E-state index in [2.05, 4.69) is 9.97 Å². The maximum Gasteiger partial charge on any atom is 0.261 e. The molecule has 0 fully saturated rings. The van der Waals surface area contributed by atoms with E-state index in [9.17, 15) is 4.79 Å². The zero-order valence-electron chi connectivity index (χ0n) is 16.7. The number of benzene rings is 1. The Hall–Kier alpha value is -3.25. The molecule has 1 aromatic carbocycles. The molecular formula is C24H21N3O2S. The van der Waals surface area contributed by atoms with Crippen LogP contribution in [0.4, 0.5) is 0 Å². The normalized spacial score (nSPS) is 12.7. The highest BCUT2D eigenvalue weighted by Gasteiger charge is 2.24. The lowest BCUT2D eigenvalue weighted by molar-refractivity contribution is 0.304. The minimum atomic E-state index is -0.0249. The number of rotatable bonds is 4. The summed E-state index contributed by atoms with van der Waals surface area (Å²) in [5.41, 5.74) is 5.53. The van der Waals surface area contributed by atoms with Crippen LogP contribution in [0.2, 0.25) is 0 Å². The fourth-order valence-corrected chi connectivity index (χ4v) is 4.70. The Kier molecular flexibility index (Phi) is 4.93. The van der Waals surface area contributed by atoms with Crippen LogP contribution in [0.15, 0.2) is 65.0 Å². The molecule has 6 heteroatoms. The van der Waals surface area contributed by atoms with E-state index in [1.54, 1.807) is 0 Å². The van der Waals surface area contributed by atoms with Gasteiger partial charge in [-0.2, -0.15) is 0 Å². The molecule has 0 amide bonds. The Labute approximate surface area is 178 Å². The molecule has 1 aliphatic heterocycles. The molecule has 0 radical (unpaired) electrons. The van der Waals surface area contributed by atoms with Gasteiger partial charge < -0.3 is 9.30 Å². The van der Waals surface area contributed by atoms with Gasteiger partial charge in [0, 0.05) is 35.6 Å². The number of thiazole rings is 1. The van der Waals surface area contributed by atoms with E-state index in [0.717, 1.165) is 40.4 Å². The van der Waals surface area contributed by atoms with Crippen LogP contribution in [0.1, 0.15) is 23.2 Å². The first-order valence-electron chi connectivity index (χ1n) is 10.0. The van der Waals surface area contributed by atoms with E-state index in [0.29, 0.717) is 24.5 Å². The topological polar surface area (TPSA) is 57.0 Å². The highest BCUT2D eigenvalue weighted by atomic mass is 32.1. The molecular weight excluding hydrogens is 394 g/mol. The van der Waals surface area contributed by atoms with Gasteiger partial charge in [0.05, 0.1) is 11.3 Å². The Morgan fingerprint density at radius 1 is 1.17 bits per heavy atom. The maximum absolute atomic E-state index is 13.5. The van der Waals surface area contributed by atoms with Crippen LogP contribution in [0, 0.1) is 6.92 Å². The van der Waals surface area contributed by atoms with Gasteiger partial charge >= 0.3 is 0 Å². The van der Waals surface area contributed by atoms with E-state index in [-0.39, 0.29) is 5.56 Å². The first-order chi connectivity index (χ1) is 14.7. The molecule has 4 aromatic rings. The van der Waals surface area contributed by atoms with Gasteiger partial charge in [-0.05, 0) is 43.0 Å². The average molecular weight is 416 g/mol. The number of nitrogens with zero attached hydrogens (tertiary/aromatic N) is 3. The van der Waals surface area contributed by atoms with E-state index in [4.69, 9.17) is 4.74 Å². The van der Waals surface area contributed by atoms with Gasteiger partial charge in [0.15, 0.2) is 0 Å². The minimum Gasteiger partial charge on any atom is -0.487 e. The average Bonchev–Trinajstić information content (AvgIpc) is 3.10. The van der Waals surface area contributed by atoms with Crippen molar-refractivity contribution >= 4 is 11.3 Å². The van der Waals surface area contributed by atoms with Crippen molar-refractivity contribution in [2.24, 2.45) is 0 Å². The van der Waals surface area contributed by atoms with Gasteiger partial charge in [-0.3, -0.25) is 9.78 Å². The third-order valence-electron chi connectivity index (χ3n) is 5.34. The molecule has 0 saturated heterocycles. The van der Waals surface area contributed by atoms with Crippen molar-refractivity contribution in [1.29, 1.82) is 0 Å². The summed E-state index contributed by atoms with van der Waals surface area (Å²) < 4.78 is 8.16. The standard InChI is InChI=1S/C24H21N3O2S/c1-16-15-30-23(26-16)19-12-21(29-14-17-6-3-2-4-7-17)22-20-13-25-10-9-18(20)8-5-11-27(22)24(19)28/h2-4,6-7,9-10,12-13,15H,5,8,11,14H2,1H3. The molecule has 3 aromatic heterocycles. The maximum atomic E-state index is 13.5. The van der Waals surface area contributed by atoms with Gasteiger partial charge in [0.1, 0.15) is 17.4 Å². The van der Waals surface area contributed by atoms with Crippen molar-refractivity contribution in [2.75, 3.05) is 0 Å². The Morgan fingerprint density at radius 3 is 2.83 bits per heavy atom. The number of aryl methyl sites for hydroxylation is 2. The third kappa shape index (κ3) is 3.44. The smallest absolute Gasteiger partial charge is 0.261 e. The zero-order chi connectivity index (χ0) is 20.5. The summed E-state index contributed by atoms with van der Waals surface area (Å²) in [7, 11) is 0. The molecule has 5 rings (SSSR count). The highest BCUT2D eigenvalue weighted by Crippen LogP contribution is 2.37. The Morgan fingerprint density at radius 2 is 2.03 bits per heavy atom. The molecule has 1 aliphatic rings. The molecule has 150 valence electrons. The summed E-state index contributed by atoms with van der Waals surface area (Å²) in [4.78, 5) is 22.4. The molecule has 30 heavy (non-hydrogen) atoms. The van der Waals surface area contributed by atoms with Crippen molar-refractivity contribution in [2.45, 2.75) is 32.9 Å². The predicted octanol–water partition coefficient (Wildman–Crippen LogP) is 4.87. The van der Waals surface area contributed by atoms with Crippen molar-refractivity contribution in [3.8, 4) is 27.6 Å². The molecule has 0 spiro atoms. The predicted molar refractivity (Wildman–Crippen MR) is 119 cm³/mol. The number of pyridine rings is 2. The summed E-state index contributed by atoms with van der Waals surface area (Å²) in [5.74, 6) is 0.692. The quantitative estimate of drug-likeness (QED) is 0.477. The first-order valence-corrected chi connectivity index (χ1v) is 10.9. The van der Waals surface area contributed by atoms with Crippen LogP contribution < -0.4 is 10.3 Å². The number of fused-ring (bicyclic) bond motifs is 3. The zero-order valence-corrected chi connectivity index (χ0v) is 17.5. The van der Waals surface area contributed by atoms with Crippen LogP contribution >= 0.6 is 11.3 Å². The Bertz CT molecular complexity index is 1260. The number of hydrogen-bond acceptors (Lipinski definition) is 5. The lowest BCUT2D eigenvalue weighted by Gasteiger charge is -2.18. The van der Waals surface area contributed by atoms with Crippen LogP contribution in [-0.2, 0) is 19.6 Å². The molecule has 0 bridgehead atoms. The molecule has 0 unspecified atom stereocenters. The SMILES string of the molecule is Cc1csc(-c2cc(OCc3ccccc3)c3n(c2=O)CCCc2ccncc2-3)n1. The summed E-state index contributed by atoms with van der Waals surface area (Å²) in [6.07, 6.45) is 5.45. The van der Waals surface area contributed by atoms with Gasteiger partial charge in [-0.15, -0.1) is 11.3 Å². The highest BCUT2D eigenvalue weighted by molar-refractivity contribution is 7.13. The Balaban J connectivity index is 1.70. The largest absolute Gasteiger partial charge is 0.487 e. The second kappa shape index (κ2) is 7.88. The van der Waals surface area contributed by atoms with Crippen LogP contribution in [0.5, 0.6) is 5.75 Å². The molecule has 5 nitrogen and oxygen atoms in total. The summed E-state index contributed by atoms with van der Waals surface area (Å²) >= 11 is 1.49. The molecule has 0 saturated carbocycles. The van der Waals surface area contributed by atoms with Gasteiger partial charge in [0.25, 0.3) is 5.56 Å². The van der Waals surface area contributed by atoms with E-state index in [1.165, 1.54) is 16.9 Å². The van der Waals surface area contributed by atoms with Crippen molar-refractivity contribution < 1.29 is 4.74 Å². The molecule has 0 N–H and O–H groups in total. The number of hydrogen-bond donors (Lipinski definition) is 0. The fourth-order valence-electron chi connectivity index (χ4n) is 3.89. The second-order valence-electron chi connectivity index (χ2n) is 7.43. The fraction of sp³-hybridized carbons (Fsp3) is 0.208. The molecule has 0 atom stereocenters. The van der Waals surface area contributed by atoms with Crippen molar-refractivity contribution in [1.82, 2.24) is 14.5 Å². The van der Waals surface area contributed by atoms with E-state index < -0.39 is 0 Å². The van der Waals surface area contributed by atoms with Crippen molar-refractivity contribution in [3.05, 3.63) is 87.4 Å². The van der Waals surface area contributed by atoms with Gasteiger partial charge in [-0.25, -0.2) is 4.98 Å². The first kappa shape index (κ1) is 18.8. The van der Waals surface area contributed by atoms with Crippen LogP contribution in [0.25, 0.3) is 21.8 Å². The van der Waals surface area contributed by atoms with Gasteiger partial charge in [-0.1, -0.05) is 30.3 Å². The number of aromatic nitrogens is 3. The lowest BCUT2D eigenvalue weighted by Crippen LogP contribution is -2.24. The molecule has 0 aliphatic carbocycles. The summed E-state index contributed by atoms with van der Waals surface area (Å²) in [6, 6.07) is 14.0. The van der Waals surface area contributed by atoms with Gasteiger partial charge in [0.2, 0.25) is 0 Å². The second-order valence-corrected chi connectivity index (χ2v) is 8.29. The minimum absolute atomic E-state index is 0.0249. The lowest BCUT2D eigenvalue weighted by atomic mass is 10.0. The van der Waals surface area contributed by atoms with Crippen molar-refractivity contribution in [3.63, 3.8) is 0 Å².